The van der Waals surface area contributed by atoms with Crippen molar-refractivity contribution in [2.75, 3.05) is 6.61 Å². The van der Waals surface area contributed by atoms with Crippen LogP contribution in [0.4, 0.5) is 0 Å². The first-order chi connectivity index (χ1) is 16.0. The van der Waals surface area contributed by atoms with Crippen molar-refractivity contribution >= 4 is 17.4 Å². The van der Waals surface area contributed by atoms with E-state index in [0.29, 0.717) is 23.4 Å². The number of pyridine rings is 1. The van der Waals surface area contributed by atoms with Gasteiger partial charge in [-0.3, -0.25) is 14.6 Å². The molecule has 7 heteroatoms. The predicted molar refractivity (Wildman–Crippen MR) is 120 cm³/mol. The molecule has 0 saturated carbocycles. The third-order valence-corrected chi connectivity index (χ3v) is 5.99. The van der Waals surface area contributed by atoms with Gasteiger partial charge in [-0.1, -0.05) is 18.2 Å². The van der Waals surface area contributed by atoms with Crippen molar-refractivity contribution in [1.82, 2.24) is 9.88 Å². The fraction of sp³-hybridized carbons (Fsp3) is 0.192. The first kappa shape index (κ1) is 20.8. The molecule has 0 bridgehead atoms. The average Bonchev–Trinajstić information content (AvgIpc) is 3.09. The molecule has 1 unspecified atom stereocenters. The second kappa shape index (κ2) is 8.43. The number of aliphatic hydroxyl groups is 1. The number of benzene rings is 2. The summed E-state index contributed by atoms with van der Waals surface area (Å²) in [5.74, 6) is -0.862. The van der Waals surface area contributed by atoms with Gasteiger partial charge < -0.3 is 19.8 Å². The predicted octanol–water partition coefficient (Wildman–Crippen LogP) is 3.73. The van der Waals surface area contributed by atoms with E-state index in [1.807, 2.05) is 12.1 Å². The van der Waals surface area contributed by atoms with Crippen LogP contribution in [-0.2, 0) is 22.6 Å². The minimum absolute atomic E-state index is 0.0123. The summed E-state index contributed by atoms with van der Waals surface area (Å²) in [6.07, 6.45) is 3.31. The highest BCUT2D eigenvalue weighted by molar-refractivity contribution is 6.46. The highest BCUT2D eigenvalue weighted by Crippen LogP contribution is 2.41. The number of carbonyl (C=O) groups is 2. The average molecular weight is 442 g/mol. The smallest absolute Gasteiger partial charge is 0.296 e. The third kappa shape index (κ3) is 3.82. The van der Waals surface area contributed by atoms with Gasteiger partial charge in [0.2, 0.25) is 0 Å². The Kier molecular flexibility index (Phi) is 5.30. The standard InChI is InChI=1S/C26H22N2O5/c29-20-9-6-16(7-10-20)23-22(24(30)18-8-11-21-17(14-18)4-3-13-33-21)25(31)26(32)28(23)15-19-5-1-2-12-27-19/h1-2,5-12,14,23,29-30H,3-4,13,15H2/b24-22-. The minimum Gasteiger partial charge on any atom is -0.508 e. The molecule has 5 rings (SSSR count). The number of likely N-dealkylation sites (tertiary alicyclic amines) is 1. The normalized spacial score (nSPS) is 19.3. The van der Waals surface area contributed by atoms with Crippen molar-refractivity contribution in [2.24, 2.45) is 0 Å². The largest absolute Gasteiger partial charge is 0.508 e. The maximum atomic E-state index is 13.2. The number of aliphatic hydroxyl groups excluding tert-OH is 1. The quantitative estimate of drug-likeness (QED) is 0.363. The molecule has 2 N–H and O–H groups in total. The number of amides is 1. The van der Waals surface area contributed by atoms with E-state index >= 15 is 0 Å². The molecule has 0 spiro atoms. The number of hydrogen-bond acceptors (Lipinski definition) is 6. The maximum Gasteiger partial charge on any atom is 0.296 e. The van der Waals surface area contributed by atoms with E-state index in [9.17, 15) is 19.8 Å². The highest BCUT2D eigenvalue weighted by Gasteiger charge is 2.46. The van der Waals surface area contributed by atoms with Crippen LogP contribution in [0.1, 0.15) is 34.8 Å². The Balaban J connectivity index is 1.63. The zero-order valence-electron chi connectivity index (χ0n) is 17.8. The van der Waals surface area contributed by atoms with E-state index in [4.69, 9.17) is 4.74 Å². The van der Waals surface area contributed by atoms with Gasteiger partial charge in [-0.15, -0.1) is 0 Å². The molecule has 3 heterocycles. The molecule has 0 radical (unpaired) electrons. The van der Waals surface area contributed by atoms with Gasteiger partial charge in [0.05, 0.1) is 30.5 Å². The van der Waals surface area contributed by atoms with Gasteiger partial charge in [-0.2, -0.15) is 0 Å². The van der Waals surface area contributed by atoms with Crippen LogP contribution in [0.5, 0.6) is 11.5 Å². The Morgan fingerprint density at radius 2 is 1.91 bits per heavy atom. The highest BCUT2D eigenvalue weighted by atomic mass is 16.5. The molecule has 7 nitrogen and oxygen atoms in total. The third-order valence-electron chi connectivity index (χ3n) is 5.99. The summed E-state index contributed by atoms with van der Waals surface area (Å²) < 4.78 is 5.65. The molecule has 2 aliphatic rings. The SMILES string of the molecule is O=C1C(=O)N(Cc2ccccn2)C(c2ccc(O)cc2)/C1=C(/O)c1ccc2c(c1)CCCO2. The second-order valence-corrected chi connectivity index (χ2v) is 8.11. The number of Topliss-reactive ketones (excluding diaryl/α,β-unsaturated/α-hetero) is 1. The molecule has 166 valence electrons. The van der Waals surface area contributed by atoms with Crippen LogP contribution in [0.25, 0.3) is 5.76 Å². The molecule has 1 saturated heterocycles. The van der Waals surface area contributed by atoms with Crippen molar-refractivity contribution in [2.45, 2.75) is 25.4 Å². The molecule has 33 heavy (non-hydrogen) atoms. The van der Waals surface area contributed by atoms with Crippen LogP contribution in [0.3, 0.4) is 0 Å². The lowest BCUT2D eigenvalue weighted by atomic mass is 9.94. The molecule has 1 fully saturated rings. The van der Waals surface area contributed by atoms with Gasteiger partial charge in [0, 0.05) is 11.8 Å². The number of rotatable bonds is 4. The van der Waals surface area contributed by atoms with Crippen molar-refractivity contribution in [1.29, 1.82) is 0 Å². The number of fused-ring (bicyclic) bond motifs is 1. The van der Waals surface area contributed by atoms with Crippen LogP contribution in [0.15, 0.2) is 72.4 Å². The van der Waals surface area contributed by atoms with Crippen molar-refractivity contribution in [3.8, 4) is 11.5 Å². The summed E-state index contributed by atoms with van der Waals surface area (Å²) in [4.78, 5) is 31.9. The van der Waals surface area contributed by atoms with Gasteiger partial charge in [-0.05, 0) is 66.4 Å². The lowest BCUT2D eigenvalue weighted by Crippen LogP contribution is -2.29. The zero-order valence-corrected chi connectivity index (χ0v) is 17.8. The number of ketones is 1. The Hall–Kier alpha value is -4.13. The molecule has 0 aliphatic carbocycles. The summed E-state index contributed by atoms with van der Waals surface area (Å²) >= 11 is 0. The van der Waals surface area contributed by atoms with Gasteiger partial charge in [0.15, 0.2) is 0 Å². The lowest BCUT2D eigenvalue weighted by Gasteiger charge is -2.25. The number of aryl methyl sites for hydroxylation is 1. The van der Waals surface area contributed by atoms with E-state index in [-0.39, 0.29) is 23.6 Å². The van der Waals surface area contributed by atoms with Gasteiger partial charge >= 0.3 is 0 Å². The molecule has 2 aromatic carbocycles. The summed E-state index contributed by atoms with van der Waals surface area (Å²) in [7, 11) is 0. The van der Waals surface area contributed by atoms with E-state index in [2.05, 4.69) is 4.98 Å². The number of phenols is 1. The number of phenolic OH excluding ortho intramolecular Hbond substituents is 1. The van der Waals surface area contributed by atoms with Crippen LogP contribution >= 0.6 is 0 Å². The molecule has 2 aliphatic heterocycles. The first-order valence-electron chi connectivity index (χ1n) is 10.8. The second-order valence-electron chi connectivity index (χ2n) is 8.11. The summed E-state index contributed by atoms with van der Waals surface area (Å²) in [5, 5.41) is 21.0. The first-order valence-corrected chi connectivity index (χ1v) is 10.8. The van der Waals surface area contributed by atoms with Gasteiger partial charge in [-0.25, -0.2) is 0 Å². The van der Waals surface area contributed by atoms with E-state index in [1.165, 1.54) is 17.0 Å². The molecule has 3 aromatic rings. The minimum atomic E-state index is -0.820. The van der Waals surface area contributed by atoms with Crippen LogP contribution in [0.2, 0.25) is 0 Å². The van der Waals surface area contributed by atoms with Crippen LogP contribution in [-0.4, -0.2) is 38.4 Å². The van der Waals surface area contributed by atoms with Gasteiger partial charge in [0.25, 0.3) is 11.7 Å². The summed E-state index contributed by atoms with van der Waals surface area (Å²) in [5.41, 5.74) is 2.64. The number of hydrogen-bond donors (Lipinski definition) is 2. The fourth-order valence-corrected chi connectivity index (χ4v) is 4.38. The monoisotopic (exact) mass is 442 g/mol. The van der Waals surface area contributed by atoms with E-state index < -0.39 is 17.7 Å². The number of ether oxygens (including phenoxy) is 1. The Labute approximate surface area is 190 Å². The van der Waals surface area contributed by atoms with Crippen molar-refractivity contribution in [3.63, 3.8) is 0 Å². The molecular formula is C26H22N2O5. The van der Waals surface area contributed by atoms with Gasteiger partial charge in [0.1, 0.15) is 17.3 Å². The zero-order chi connectivity index (χ0) is 22.9. The van der Waals surface area contributed by atoms with E-state index in [1.54, 1.807) is 42.6 Å². The topological polar surface area (TPSA) is 100.0 Å². The number of carbonyl (C=O) groups excluding carboxylic acids is 2. The Morgan fingerprint density at radius 1 is 1.09 bits per heavy atom. The maximum absolute atomic E-state index is 13.2. The summed E-state index contributed by atoms with van der Waals surface area (Å²) in [6, 6.07) is 16.1. The molecular weight excluding hydrogens is 420 g/mol. The van der Waals surface area contributed by atoms with Crippen molar-refractivity contribution < 1.29 is 24.5 Å². The van der Waals surface area contributed by atoms with Crippen LogP contribution in [0, 0.1) is 0 Å². The summed E-state index contributed by atoms with van der Waals surface area (Å²) in [6.45, 7) is 0.754. The molecule has 1 amide bonds. The number of aromatic hydroxyl groups is 1. The van der Waals surface area contributed by atoms with Crippen LogP contribution < -0.4 is 4.74 Å². The molecule has 1 atom stereocenters. The Bertz CT molecular complexity index is 1250. The fourth-order valence-electron chi connectivity index (χ4n) is 4.38. The lowest BCUT2D eigenvalue weighted by molar-refractivity contribution is -0.140. The molecule has 1 aromatic heterocycles. The number of nitrogens with zero attached hydrogens (tertiary/aromatic N) is 2. The Morgan fingerprint density at radius 3 is 2.67 bits per heavy atom. The van der Waals surface area contributed by atoms with Crippen molar-refractivity contribution in [3.05, 3.63) is 94.8 Å². The number of aromatic nitrogens is 1. The van der Waals surface area contributed by atoms with E-state index in [0.717, 1.165) is 24.2 Å².